The molecule has 1 atom stereocenters. The topological polar surface area (TPSA) is 62.9 Å². The van der Waals surface area contributed by atoms with Crippen LogP contribution in [0.15, 0.2) is 21.4 Å². The number of furan rings is 1. The largest absolute Gasteiger partial charge is 0.459 e. The van der Waals surface area contributed by atoms with E-state index in [1.54, 1.807) is 12.1 Å². The van der Waals surface area contributed by atoms with Crippen LogP contribution >= 0.6 is 0 Å². The Kier molecular flexibility index (Phi) is 5.04. The molecular weight excluding hydrogens is 314 g/mol. The van der Waals surface area contributed by atoms with Crippen LogP contribution in [0, 0.1) is 0 Å². The molecule has 1 unspecified atom stereocenters. The molecule has 126 valence electrons. The number of benzene rings is 1. The van der Waals surface area contributed by atoms with Gasteiger partial charge >= 0.3 is 0 Å². The maximum Gasteiger partial charge on any atom is 0.186 e. The van der Waals surface area contributed by atoms with Gasteiger partial charge in [0.25, 0.3) is 0 Å². The third-order valence-electron chi connectivity index (χ3n) is 4.31. The van der Waals surface area contributed by atoms with E-state index >= 15 is 0 Å². The van der Waals surface area contributed by atoms with Crippen LogP contribution in [0.1, 0.15) is 31.6 Å². The van der Waals surface area contributed by atoms with Crippen molar-refractivity contribution < 1.29 is 17.9 Å². The summed E-state index contributed by atoms with van der Waals surface area (Å²) in [6.07, 6.45) is 2.75. The van der Waals surface area contributed by atoms with Gasteiger partial charge in [0.1, 0.15) is 5.76 Å². The van der Waals surface area contributed by atoms with Crippen LogP contribution in [0.5, 0.6) is 0 Å². The molecule has 0 bridgehead atoms. The lowest BCUT2D eigenvalue weighted by Crippen LogP contribution is -2.36. The van der Waals surface area contributed by atoms with Crippen molar-refractivity contribution in [1.29, 1.82) is 0 Å². The van der Waals surface area contributed by atoms with Gasteiger partial charge in [0.2, 0.25) is 0 Å². The summed E-state index contributed by atoms with van der Waals surface area (Å²) >= 11 is -2.00. The molecule has 0 radical (unpaired) electrons. The molecule has 1 fully saturated rings. The fourth-order valence-corrected chi connectivity index (χ4v) is 3.64. The van der Waals surface area contributed by atoms with Crippen LogP contribution in [0.2, 0.25) is 0 Å². The van der Waals surface area contributed by atoms with E-state index in [4.69, 9.17) is 9.15 Å². The first kappa shape index (κ1) is 16.5. The van der Waals surface area contributed by atoms with Gasteiger partial charge in [-0.3, -0.25) is 0 Å². The first-order valence-electron chi connectivity index (χ1n) is 8.17. The molecule has 2 aromatic rings. The summed E-state index contributed by atoms with van der Waals surface area (Å²) in [6, 6.07) is 3.58. The van der Waals surface area contributed by atoms with Gasteiger partial charge in [0, 0.05) is 30.5 Å². The predicted octanol–water partition coefficient (Wildman–Crippen LogP) is 3.36. The van der Waals surface area contributed by atoms with Crippen molar-refractivity contribution in [2.24, 2.45) is 0 Å². The number of hydrogen-bond acceptors (Lipinski definition) is 4. The molecule has 1 saturated heterocycles. The van der Waals surface area contributed by atoms with Crippen LogP contribution in [-0.2, 0) is 28.7 Å². The molecular formula is C17H23NO4S. The average Bonchev–Trinajstić information content (AvgIpc) is 2.92. The summed E-state index contributed by atoms with van der Waals surface area (Å²) in [5.41, 5.74) is 2.89. The molecule has 6 heteroatoms. The lowest BCUT2D eigenvalue weighted by Gasteiger charge is -2.29. The van der Waals surface area contributed by atoms with Gasteiger partial charge in [-0.05, 0) is 25.0 Å². The minimum Gasteiger partial charge on any atom is -0.459 e. The zero-order chi connectivity index (χ0) is 16.4. The first-order valence-corrected chi connectivity index (χ1v) is 9.28. The highest BCUT2D eigenvalue weighted by molar-refractivity contribution is 7.79. The molecule has 1 aromatic carbocycles. The molecule has 2 heterocycles. The van der Waals surface area contributed by atoms with Crippen LogP contribution in [0.25, 0.3) is 11.0 Å². The van der Waals surface area contributed by atoms with Crippen molar-refractivity contribution in [3.8, 4) is 0 Å². The van der Waals surface area contributed by atoms with Gasteiger partial charge in [0.15, 0.2) is 16.7 Å². The Morgan fingerprint density at radius 1 is 1.26 bits per heavy atom. The number of hydrogen-bond donors (Lipinski definition) is 1. The summed E-state index contributed by atoms with van der Waals surface area (Å²) in [6.45, 7) is 7.09. The number of aryl methyl sites for hydroxylation is 2. The van der Waals surface area contributed by atoms with Crippen LogP contribution in [-0.4, -0.2) is 35.1 Å². The third kappa shape index (κ3) is 3.16. The number of morpholine rings is 1. The van der Waals surface area contributed by atoms with Crippen molar-refractivity contribution in [1.82, 2.24) is 0 Å². The highest BCUT2D eigenvalue weighted by Gasteiger charge is 2.22. The maximum absolute atomic E-state index is 11.6. The molecule has 5 nitrogen and oxygen atoms in total. The molecule has 0 saturated carbocycles. The Balaban J connectivity index is 2.21. The number of rotatable bonds is 5. The molecule has 1 N–H and O–H groups in total. The molecule has 1 aliphatic heterocycles. The molecule has 0 amide bonds. The summed E-state index contributed by atoms with van der Waals surface area (Å²) in [5.74, 6) is 1.00. The summed E-state index contributed by atoms with van der Waals surface area (Å²) < 4.78 is 32.8. The van der Waals surface area contributed by atoms with Crippen LogP contribution in [0.4, 0.5) is 5.69 Å². The molecule has 1 aliphatic rings. The number of ether oxygens (including phenoxy) is 1. The van der Waals surface area contributed by atoms with Crippen molar-refractivity contribution in [3.63, 3.8) is 0 Å². The van der Waals surface area contributed by atoms with Gasteiger partial charge in [-0.1, -0.05) is 13.8 Å². The quantitative estimate of drug-likeness (QED) is 0.848. The molecule has 0 spiro atoms. The fourth-order valence-electron chi connectivity index (χ4n) is 3.21. The molecule has 0 aliphatic carbocycles. The standard InChI is InChI=1S/C17H23NO4S/c1-3-5-16-13(4-2)14-10-12(23(19)20)11-15(17(14)22-16)18-6-8-21-9-7-18/h10-11H,3-9H2,1-2H3,(H,19,20). The summed E-state index contributed by atoms with van der Waals surface area (Å²) in [7, 11) is 0. The van der Waals surface area contributed by atoms with Crippen LogP contribution < -0.4 is 4.90 Å². The van der Waals surface area contributed by atoms with Crippen molar-refractivity contribution in [2.45, 2.75) is 38.0 Å². The molecule has 1 aromatic heterocycles. The Hall–Kier alpha value is -1.37. The molecule has 3 rings (SSSR count). The van der Waals surface area contributed by atoms with Gasteiger partial charge < -0.3 is 18.6 Å². The van der Waals surface area contributed by atoms with Gasteiger partial charge in [-0.15, -0.1) is 0 Å². The van der Waals surface area contributed by atoms with E-state index < -0.39 is 11.1 Å². The second-order valence-electron chi connectivity index (χ2n) is 5.78. The third-order valence-corrected chi connectivity index (χ3v) is 4.95. The van der Waals surface area contributed by atoms with E-state index in [0.29, 0.717) is 18.1 Å². The highest BCUT2D eigenvalue weighted by atomic mass is 32.2. The van der Waals surface area contributed by atoms with E-state index in [0.717, 1.165) is 60.3 Å². The normalized spacial score (nSPS) is 16.9. The second kappa shape index (κ2) is 7.03. The Morgan fingerprint density at radius 3 is 2.61 bits per heavy atom. The second-order valence-corrected chi connectivity index (χ2v) is 6.74. The van der Waals surface area contributed by atoms with E-state index in [2.05, 4.69) is 18.7 Å². The van der Waals surface area contributed by atoms with E-state index in [1.165, 1.54) is 0 Å². The van der Waals surface area contributed by atoms with E-state index in [1.807, 2.05) is 0 Å². The lowest BCUT2D eigenvalue weighted by atomic mass is 10.1. The van der Waals surface area contributed by atoms with Gasteiger partial charge in [-0.25, -0.2) is 4.21 Å². The maximum atomic E-state index is 11.6. The lowest BCUT2D eigenvalue weighted by molar-refractivity contribution is 0.122. The number of fused-ring (bicyclic) bond motifs is 1. The van der Waals surface area contributed by atoms with E-state index in [-0.39, 0.29) is 0 Å². The minimum atomic E-state index is -2.00. The van der Waals surface area contributed by atoms with Crippen molar-refractivity contribution in [3.05, 3.63) is 23.5 Å². The summed E-state index contributed by atoms with van der Waals surface area (Å²) in [4.78, 5) is 2.61. The van der Waals surface area contributed by atoms with Gasteiger partial charge in [-0.2, -0.15) is 0 Å². The summed E-state index contributed by atoms with van der Waals surface area (Å²) in [5, 5.41) is 0.970. The van der Waals surface area contributed by atoms with Crippen LogP contribution in [0.3, 0.4) is 0 Å². The zero-order valence-electron chi connectivity index (χ0n) is 13.6. The zero-order valence-corrected chi connectivity index (χ0v) is 14.4. The average molecular weight is 337 g/mol. The van der Waals surface area contributed by atoms with E-state index in [9.17, 15) is 8.76 Å². The fraction of sp³-hybridized carbons (Fsp3) is 0.529. The van der Waals surface area contributed by atoms with Gasteiger partial charge in [0.05, 0.1) is 23.8 Å². The smallest absolute Gasteiger partial charge is 0.186 e. The first-order chi connectivity index (χ1) is 11.2. The Bertz CT molecular complexity index is 719. The highest BCUT2D eigenvalue weighted by Crippen LogP contribution is 2.36. The SMILES string of the molecule is CCCc1oc2c(N3CCOCC3)cc(S(=O)O)cc2c1CC. The van der Waals surface area contributed by atoms with Crippen molar-refractivity contribution >= 4 is 27.7 Å². The number of nitrogens with zero attached hydrogens (tertiary/aromatic N) is 1. The predicted molar refractivity (Wildman–Crippen MR) is 91.7 cm³/mol. The van der Waals surface area contributed by atoms with Crippen molar-refractivity contribution in [2.75, 3.05) is 31.2 Å². The molecule has 23 heavy (non-hydrogen) atoms. The monoisotopic (exact) mass is 337 g/mol. The minimum absolute atomic E-state index is 0.428. The Labute approximate surface area is 138 Å². The number of anilines is 1. The Morgan fingerprint density at radius 2 is 2.00 bits per heavy atom.